The van der Waals surface area contributed by atoms with E-state index in [1.54, 1.807) is 0 Å². The molecule has 22 heavy (non-hydrogen) atoms. The predicted octanol–water partition coefficient (Wildman–Crippen LogP) is 4.59. The van der Waals surface area contributed by atoms with Crippen molar-refractivity contribution >= 4 is 11.6 Å². The quantitative estimate of drug-likeness (QED) is 0.377. The lowest BCUT2D eigenvalue weighted by atomic mass is 9.47. The summed E-state index contributed by atoms with van der Waals surface area (Å²) in [6, 6.07) is 9.54. The molecule has 4 aliphatic rings. The Kier molecular flexibility index (Phi) is 3.19. The van der Waals surface area contributed by atoms with Crippen LogP contribution in [0.2, 0.25) is 0 Å². The number of halogens is 1. The van der Waals surface area contributed by atoms with Crippen LogP contribution in [0.15, 0.2) is 35.4 Å². The van der Waals surface area contributed by atoms with E-state index in [-0.39, 0.29) is 16.8 Å². The van der Waals surface area contributed by atoms with Gasteiger partial charge in [-0.05, 0) is 55.0 Å². The van der Waals surface area contributed by atoms with Gasteiger partial charge in [0.25, 0.3) is 0 Å². The van der Waals surface area contributed by atoms with Gasteiger partial charge in [-0.15, -0.1) is 11.6 Å². The van der Waals surface area contributed by atoms with Crippen molar-refractivity contribution < 1.29 is 5.11 Å². The average Bonchev–Trinajstić information content (AvgIpc) is 2.44. The minimum absolute atomic E-state index is 0.0192. The zero-order valence-electron chi connectivity index (χ0n) is 12.4. The van der Waals surface area contributed by atoms with Gasteiger partial charge in [-0.3, -0.25) is 0 Å². The van der Waals surface area contributed by atoms with E-state index in [1.165, 1.54) is 0 Å². The molecule has 116 valence electrons. The van der Waals surface area contributed by atoms with E-state index in [0.29, 0.717) is 18.3 Å². The summed E-state index contributed by atoms with van der Waals surface area (Å²) in [5.41, 5.74) is 9.24. The highest BCUT2D eigenvalue weighted by atomic mass is 35.5. The van der Waals surface area contributed by atoms with Crippen LogP contribution in [0.4, 0.5) is 0 Å². The lowest BCUT2D eigenvalue weighted by molar-refractivity contribution is -0.170. The molecule has 0 spiro atoms. The number of benzene rings is 1. The molecule has 1 aromatic rings. The largest absolute Gasteiger partial charge is 0.389 e. The van der Waals surface area contributed by atoms with Gasteiger partial charge < -0.3 is 5.11 Å². The summed E-state index contributed by atoms with van der Waals surface area (Å²) in [4.78, 5) is 2.83. The minimum atomic E-state index is -0.791. The summed E-state index contributed by atoms with van der Waals surface area (Å²) >= 11 is 6.75. The lowest BCUT2D eigenvalue weighted by Gasteiger charge is -2.63. The molecule has 0 saturated heterocycles. The van der Waals surface area contributed by atoms with Crippen LogP contribution in [0, 0.1) is 17.8 Å². The lowest BCUT2D eigenvalue weighted by Crippen LogP contribution is -2.63. The standard InChI is InChI=1S/C17H20ClN3O/c18-16-7-11-6-13(9-16)14(17(22,8-11)10-16)15(20-21-19)12-4-2-1-3-5-12/h1-5,11,13-15,22H,6-10H2/t11-,13?,14+,15-,16-,17-/m0/s1. The van der Waals surface area contributed by atoms with E-state index in [0.717, 1.165) is 31.2 Å². The van der Waals surface area contributed by atoms with Crippen molar-refractivity contribution in [3.8, 4) is 0 Å². The maximum absolute atomic E-state index is 11.3. The van der Waals surface area contributed by atoms with E-state index >= 15 is 0 Å². The fourth-order valence-electron chi connectivity index (χ4n) is 5.66. The molecule has 4 fully saturated rings. The Balaban J connectivity index is 1.76. The molecule has 4 nitrogen and oxygen atoms in total. The van der Waals surface area contributed by atoms with Gasteiger partial charge in [0.1, 0.15) is 0 Å². The first-order chi connectivity index (χ1) is 10.5. The van der Waals surface area contributed by atoms with Crippen molar-refractivity contribution in [3.05, 3.63) is 46.3 Å². The Morgan fingerprint density at radius 1 is 1.27 bits per heavy atom. The Hall–Kier alpha value is -1.22. The second kappa shape index (κ2) is 4.89. The minimum Gasteiger partial charge on any atom is -0.389 e. The fraction of sp³-hybridized carbons (Fsp3) is 0.647. The van der Waals surface area contributed by atoms with Crippen LogP contribution in [-0.2, 0) is 0 Å². The van der Waals surface area contributed by atoms with Crippen molar-refractivity contribution in [3.63, 3.8) is 0 Å². The van der Waals surface area contributed by atoms with Gasteiger partial charge in [0, 0.05) is 15.7 Å². The number of alkyl halides is 1. The number of rotatable bonds is 3. The second-order valence-electron chi connectivity index (χ2n) is 7.49. The third-order valence-corrected chi connectivity index (χ3v) is 6.41. The highest BCUT2D eigenvalue weighted by molar-refractivity contribution is 6.24. The molecule has 6 atom stereocenters. The second-order valence-corrected chi connectivity index (χ2v) is 8.29. The highest BCUT2D eigenvalue weighted by Crippen LogP contribution is 2.65. The van der Waals surface area contributed by atoms with Crippen molar-refractivity contribution in [1.82, 2.24) is 0 Å². The highest BCUT2D eigenvalue weighted by Gasteiger charge is 2.63. The van der Waals surface area contributed by atoms with Gasteiger partial charge >= 0.3 is 0 Å². The number of hydrogen-bond acceptors (Lipinski definition) is 2. The van der Waals surface area contributed by atoms with Gasteiger partial charge in [-0.1, -0.05) is 35.4 Å². The smallest absolute Gasteiger partial charge is 0.0705 e. The first kappa shape index (κ1) is 14.4. The SMILES string of the molecule is [N-]=[N+]=N[C@@H](c1ccccc1)[C@H]1C2C[C@H]3C[C@](Cl)(C2)C[C@@]1(O)C3. The average molecular weight is 318 g/mol. The molecular formula is C17H20ClN3O. The van der Waals surface area contributed by atoms with Crippen molar-refractivity contribution in [2.75, 3.05) is 0 Å². The van der Waals surface area contributed by atoms with Gasteiger partial charge in [-0.2, -0.15) is 0 Å². The zero-order valence-corrected chi connectivity index (χ0v) is 13.2. The molecular weight excluding hydrogens is 298 g/mol. The maximum atomic E-state index is 11.3. The van der Waals surface area contributed by atoms with E-state index in [9.17, 15) is 5.11 Å². The van der Waals surface area contributed by atoms with E-state index < -0.39 is 5.60 Å². The van der Waals surface area contributed by atoms with E-state index in [4.69, 9.17) is 17.1 Å². The van der Waals surface area contributed by atoms with Crippen LogP contribution in [-0.4, -0.2) is 15.6 Å². The molecule has 1 N–H and O–H groups in total. The topological polar surface area (TPSA) is 69.0 Å². The molecule has 4 bridgehead atoms. The van der Waals surface area contributed by atoms with Crippen molar-refractivity contribution in [1.29, 1.82) is 0 Å². The summed E-state index contributed by atoms with van der Waals surface area (Å²) in [5, 5.41) is 15.4. The predicted molar refractivity (Wildman–Crippen MR) is 85.4 cm³/mol. The van der Waals surface area contributed by atoms with Gasteiger partial charge in [0.15, 0.2) is 0 Å². The normalized spacial score (nSPS) is 43.6. The van der Waals surface area contributed by atoms with Gasteiger partial charge in [-0.25, -0.2) is 0 Å². The Bertz CT molecular complexity index is 632. The monoisotopic (exact) mass is 317 g/mol. The fourth-order valence-corrected chi connectivity index (χ4v) is 6.30. The first-order valence-electron chi connectivity index (χ1n) is 8.03. The summed E-state index contributed by atoms with van der Waals surface area (Å²) < 4.78 is 0. The molecule has 1 aromatic carbocycles. The Morgan fingerprint density at radius 2 is 2.05 bits per heavy atom. The van der Waals surface area contributed by atoms with Crippen LogP contribution in [0.5, 0.6) is 0 Å². The summed E-state index contributed by atoms with van der Waals surface area (Å²) in [5.74, 6) is 0.849. The molecule has 0 amide bonds. The molecule has 0 heterocycles. The molecule has 4 aliphatic carbocycles. The molecule has 4 saturated carbocycles. The Labute approximate surface area is 135 Å². The Morgan fingerprint density at radius 3 is 2.68 bits per heavy atom. The summed E-state index contributed by atoms with van der Waals surface area (Å²) in [7, 11) is 0. The molecule has 0 aliphatic heterocycles. The third-order valence-electron chi connectivity index (χ3n) is 5.97. The number of hydrogen-bond donors (Lipinski definition) is 1. The molecule has 5 rings (SSSR count). The van der Waals surface area contributed by atoms with Gasteiger partial charge in [0.05, 0.1) is 11.6 Å². The van der Waals surface area contributed by atoms with Crippen LogP contribution < -0.4 is 0 Å². The molecule has 0 radical (unpaired) electrons. The van der Waals surface area contributed by atoms with Crippen LogP contribution in [0.25, 0.3) is 10.4 Å². The first-order valence-corrected chi connectivity index (χ1v) is 8.41. The van der Waals surface area contributed by atoms with Crippen LogP contribution >= 0.6 is 11.6 Å². The number of azide groups is 1. The van der Waals surface area contributed by atoms with E-state index in [2.05, 4.69) is 10.0 Å². The maximum Gasteiger partial charge on any atom is 0.0705 e. The summed E-state index contributed by atoms with van der Waals surface area (Å²) in [6.07, 6.45) is 4.49. The number of nitrogens with zero attached hydrogens (tertiary/aromatic N) is 3. The van der Waals surface area contributed by atoms with Crippen LogP contribution in [0.3, 0.4) is 0 Å². The van der Waals surface area contributed by atoms with Crippen molar-refractivity contribution in [2.24, 2.45) is 22.9 Å². The molecule has 0 aromatic heterocycles. The van der Waals surface area contributed by atoms with Crippen molar-refractivity contribution in [2.45, 2.75) is 48.6 Å². The van der Waals surface area contributed by atoms with Gasteiger partial charge in [0.2, 0.25) is 0 Å². The third kappa shape index (κ3) is 2.13. The van der Waals surface area contributed by atoms with E-state index in [1.807, 2.05) is 30.3 Å². The zero-order chi connectivity index (χ0) is 15.4. The summed E-state index contributed by atoms with van der Waals surface area (Å²) in [6.45, 7) is 0. The van der Waals surface area contributed by atoms with Crippen LogP contribution in [0.1, 0.15) is 43.7 Å². The molecule has 5 heteroatoms. The molecule has 1 unspecified atom stereocenters. The number of aliphatic hydroxyl groups is 1.